The lowest BCUT2D eigenvalue weighted by atomic mass is 10.1. The fraction of sp³-hybridized carbons (Fsp3) is 0.280. The average Bonchev–Trinajstić information content (AvgIpc) is 3.54. The van der Waals surface area contributed by atoms with Crippen molar-refractivity contribution >= 4 is 47.3 Å². The number of aromatic nitrogens is 2. The molecular weight excluding hydrogens is 489 g/mol. The Hall–Kier alpha value is -3.20. The second-order valence-corrected chi connectivity index (χ2v) is 8.10. The van der Waals surface area contributed by atoms with Crippen molar-refractivity contribution in [3.63, 3.8) is 0 Å². The molecule has 1 aliphatic heterocycles. The molecule has 1 amide bonds. The molecule has 1 saturated heterocycles. The Morgan fingerprint density at radius 1 is 1.09 bits per heavy atom. The number of oxazole rings is 1. The van der Waals surface area contributed by atoms with Gasteiger partial charge in [-0.1, -0.05) is 0 Å². The fourth-order valence-electron chi connectivity index (χ4n) is 4.24. The van der Waals surface area contributed by atoms with Crippen molar-refractivity contribution in [1.82, 2.24) is 14.9 Å². The van der Waals surface area contributed by atoms with Gasteiger partial charge in [0.1, 0.15) is 12.0 Å². The monoisotopic (exact) mass is 517 g/mol. The van der Waals surface area contributed by atoms with E-state index < -0.39 is 0 Å². The second-order valence-electron chi connectivity index (χ2n) is 8.10. The van der Waals surface area contributed by atoms with Crippen LogP contribution in [0.1, 0.15) is 5.56 Å². The molecule has 186 valence electrons. The van der Waals surface area contributed by atoms with Crippen molar-refractivity contribution in [3.8, 4) is 17.2 Å². The maximum atomic E-state index is 12.7. The molecular formula is C25H29Cl2N5O3. The Labute approximate surface area is 216 Å². The molecule has 0 radical (unpaired) electrons. The fourth-order valence-corrected chi connectivity index (χ4v) is 4.24. The molecule has 35 heavy (non-hydrogen) atoms. The molecule has 0 aliphatic carbocycles. The molecule has 1 aliphatic rings. The van der Waals surface area contributed by atoms with Gasteiger partial charge in [-0.25, -0.2) is 4.98 Å². The largest absolute Gasteiger partial charge is 0.484 e. The van der Waals surface area contributed by atoms with Gasteiger partial charge in [0.15, 0.2) is 6.61 Å². The highest BCUT2D eigenvalue weighted by Gasteiger charge is 2.22. The molecule has 4 aromatic rings. The maximum absolute atomic E-state index is 12.7. The van der Waals surface area contributed by atoms with Crippen molar-refractivity contribution in [1.29, 1.82) is 0 Å². The number of carbonyl (C=O) groups is 1. The van der Waals surface area contributed by atoms with Crippen LogP contribution in [0.25, 0.3) is 22.4 Å². The number of nitrogens with two attached hydrogens (primary N) is 1. The van der Waals surface area contributed by atoms with E-state index in [1.807, 2.05) is 41.4 Å². The van der Waals surface area contributed by atoms with Crippen LogP contribution in [0.15, 0.2) is 65.5 Å². The first-order valence-corrected chi connectivity index (χ1v) is 11.2. The molecule has 1 fully saturated rings. The van der Waals surface area contributed by atoms with Gasteiger partial charge in [0, 0.05) is 54.5 Å². The first kappa shape index (κ1) is 26.4. The summed E-state index contributed by atoms with van der Waals surface area (Å²) < 4.78 is 11.2. The molecule has 5 rings (SSSR count). The lowest BCUT2D eigenvalue weighted by Gasteiger charge is -2.36. The van der Waals surface area contributed by atoms with E-state index in [4.69, 9.17) is 14.9 Å². The van der Waals surface area contributed by atoms with E-state index in [9.17, 15) is 4.79 Å². The third kappa shape index (κ3) is 5.90. The van der Waals surface area contributed by atoms with Crippen LogP contribution in [0.2, 0.25) is 0 Å². The van der Waals surface area contributed by atoms with E-state index in [0.29, 0.717) is 31.3 Å². The number of ether oxygens (including phenoxy) is 1. The zero-order valence-electron chi connectivity index (χ0n) is 19.2. The minimum absolute atomic E-state index is 0. The zero-order valence-corrected chi connectivity index (χ0v) is 20.8. The Balaban J connectivity index is 0.00000171. The molecule has 8 nitrogen and oxygen atoms in total. The lowest BCUT2D eigenvalue weighted by Crippen LogP contribution is -2.50. The lowest BCUT2D eigenvalue weighted by molar-refractivity contribution is -0.133. The van der Waals surface area contributed by atoms with E-state index >= 15 is 0 Å². The summed E-state index contributed by atoms with van der Waals surface area (Å²) in [5.74, 6) is 1.31. The number of carbonyl (C=O) groups excluding carboxylic acids is 1. The minimum atomic E-state index is 0. The standard InChI is InChI=1S/C25H27N5O3.2ClH/c26-8-7-19-16-28-23-6-5-21(15-22(19)23)33-17-24(31)30-12-10-29(11-13-30)20-3-1-18(2-4-20)25-27-9-14-32-25;;/h1-6,9,14-16,28H,7-8,10-13,17,26H2;2*1H. The quantitative estimate of drug-likeness (QED) is 0.385. The highest BCUT2D eigenvalue weighted by molar-refractivity contribution is 5.86. The summed E-state index contributed by atoms with van der Waals surface area (Å²) in [4.78, 5) is 24.3. The number of hydrogen-bond acceptors (Lipinski definition) is 6. The van der Waals surface area contributed by atoms with Gasteiger partial charge >= 0.3 is 0 Å². The number of H-pyrrole nitrogens is 1. The summed E-state index contributed by atoms with van der Waals surface area (Å²) >= 11 is 0. The third-order valence-corrected chi connectivity index (χ3v) is 6.06. The molecule has 0 unspecified atom stereocenters. The number of nitrogens with zero attached hydrogens (tertiary/aromatic N) is 3. The van der Waals surface area contributed by atoms with Crippen LogP contribution < -0.4 is 15.4 Å². The number of piperazine rings is 1. The highest BCUT2D eigenvalue weighted by atomic mass is 35.5. The Morgan fingerprint density at radius 3 is 2.54 bits per heavy atom. The van der Waals surface area contributed by atoms with Gasteiger partial charge in [-0.3, -0.25) is 4.79 Å². The van der Waals surface area contributed by atoms with E-state index in [1.54, 1.807) is 12.5 Å². The van der Waals surface area contributed by atoms with Gasteiger partial charge in [-0.2, -0.15) is 0 Å². The molecule has 0 spiro atoms. The molecule has 0 saturated carbocycles. The summed E-state index contributed by atoms with van der Waals surface area (Å²) in [5.41, 5.74) is 9.98. The first-order valence-electron chi connectivity index (χ1n) is 11.2. The van der Waals surface area contributed by atoms with Gasteiger partial charge in [0.2, 0.25) is 5.89 Å². The van der Waals surface area contributed by atoms with Crippen LogP contribution in [0.5, 0.6) is 5.75 Å². The van der Waals surface area contributed by atoms with Crippen molar-refractivity contribution < 1.29 is 13.9 Å². The topological polar surface area (TPSA) is 101 Å². The molecule has 0 bridgehead atoms. The molecule has 2 aromatic heterocycles. The van der Waals surface area contributed by atoms with Gasteiger partial charge in [0.05, 0.1) is 6.20 Å². The number of amides is 1. The number of anilines is 1. The second kappa shape index (κ2) is 12.0. The molecule has 0 atom stereocenters. The van der Waals surface area contributed by atoms with E-state index in [-0.39, 0.29) is 37.3 Å². The van der Waals surface area contributed by atoms with Crippen LogP contribution in [-0.2, 0) is 11.2 Å². The van der Waals surface area contributed by atoms with Crippen molar-refractivity contribution in [2.75, 3.05) is 44.2 Å². The number of aromatic amines is 1. The Bertz CT molecular complexity index is 1220. The predicted molar refractivity (Wildman–Crippen MR) is 142 cm³/mol. The summed E-state index contributed by atoms with van der Waals surface area (Å²) in [6, 6.07) is 14.0. The number of fused-ring (bicyclic) bond motifs is 1. The summed E-state index contributed by atoms with van der Waals surface area (Å²) in [6.07, 6.45) is 5.99. The number of halogens is 2. The normalized spacial score (nSPS) is 13.3. The van der Waals surface area contributed by atoms with Crippen LogP contribution in [0.3, 0.4) is 0 Å². The summed E-state index contributed by atoms with van der Waals surface area (Å²) in [5, 5.41) is 1.09. The molecule has 10 heteroatoms. The van der Waals surface area contributed by atoms with Crippen LogP contribution in [0, 0.1) is 0 Å². The van der Waals surface area contributed by atoms with Gasteiger partial charge in [0.25, 0.3) is 5.91 Å². The maximum Gasteiger partial charge on any atom is 0.260 e. The van der Waals surface area contributed by atoms with Gasteiger partial charge in [-0.05, 0) is 61.0 Å². The molecule has 2 aromatic carbocycles. The van der Waals surface area contributed by atoms with Crippen molar-refractivity contribution in [3.05, 3.63) is 66.7 Å². The van der Waals surface area contributed by atoms with E-state index in [0.717, 1.165) is 47.2 Å². The molecule has 3 heterocycles. The number of nitrogens with one attached hydrogen (secondary N) is 1. The van der Waals surface area contributed by atoms with Crippen molar-refractivity contribution in [2.45, 2.75) is 6.42 Å². The van der Waals surface area contributed by atoms with Gasteiger partial charge in [-0.15, -0.1) is 24.8 Å². The first-order chi connectivity index (χ1) is 16.2. The molecule has 3 N–H and O–H groups in total. The number of hydrogen-bond donors (Lipinski definition) is 2. The summed E-state index contributed by atoms with van der Waals surface area (Å²) in [6.45, 7) is 3.52. The Kier molecular flexibility index (Phi) is 9.03. The SMILES string of the molecule is Cl.Cl.NCCc1c[nH]c2ccc(OCC(=O)N3CCN(c4ccc(-c5ncco5)cc4)CC3)cc12. The van der Waals surface area contributed by atoms with Crippen LogP contribution >= 0.6 is 24.8 Å². The van der Waals surface area contributed by atoms with E-state index in [2.05, 4.69) is 27.0 Å². The third-order valence-electron chi connectivity index (χ3n) is 6.06. The van der Waals surface area contributed by atoms with Crippen LogP contribution in [0.4, 0.5) is 5.69 Å². The number of rotatable bonds is 7. The highest BCUT2D eigenvalue weighted by Crippen LogP contribution is 2.25. The minimum Gasteiger partial charge on any atom is -0.484 e. The zero-order chi connectivity index (χ0) is 22.6. The van der Waals surface area contributed by atoms with E-state index in [1.165, 1.54) is 0 Å². The number of benzene rings is 2. The van der Waals surface area contributed by atoms with Crippen molar-refractivity contribution in [2.24, 2.45) is 5.73 Å². The average molecular weight is 518 g/mol. The predicted octanol–water partition coefficient (Wildman–Crippen LogP) is 3.90. The smallest absolute Gasteiger partial charge is 0.260 e. The van der Waals surface area contributed by atoms with Gasteiger partial charge < -0.3 is 29.7 Å². The Morgan fingerprint density at radius 2 is 1.86 bits per heavy atom. The summed E-state index contributed by atoms with van der Waals surface area (Å²) in [7, 11) is 0. The van der Waals surface area contributed by atoms with Crippen LogP contribution in [-0.4, -0.2) is 60.1 Å².